The number of rotatable bonds is 10. The van der Waals surface area contributed by atoms with Crippen LogP contribution in [0.2, 0.25) is 5.35 Å². The minimum atomic E-state index is 0.149. The largest absolute Gasteiger partial charge is 0.412 e. The van der Waals surface area contributed by atoms with E-state index in [9.17, 15) is 0 Å². The number of unbranched alkanes of at least 4 members (excludes halogenated alkanes) is 8. The number of halogens is 1. The highest BCUT2D eigenvalue weighted by atomic mass is 35.5. The van der Waals surface area contributed by atoms with Gasteiger partial charge in [-0.05, 0) is 18.0 Å². The number of aryl methyl sites for hydroxylation is 1. The molecule has 0 saturated heterocycles. The topological polar surface area (TPSA) is 38.9 Å². The van der Waals surface area contributed by atoms with Gasteiger partial charge in [-0.3, -0.25) is 0 Å². The maximum absolute atomic E-state index is 5.54. The van der Waals surface area contributed by atoms with Gasteiger partial charge in [-0.25, -0.2) is 0 Å². The number of aromatic nitrogens is 2. The first-order valence-electron chi connectivity index (χ1n) is 6.81. The first-order chi connectivity index (χ1) is 8.33. The van der Waals surface area contributed by atoms with E-state index in [-0.39, 0.29) is 5.35 Å². The third-order valence-electron chi connectivity index (χ3n) is 2.94. The molecule has 17 heavy (non-hydrogen) atoms. The van der Waals surface area contributed by atoms with Crippen LogP contribution in [0.15, 0.2) is 4.42 Å². The highest BCUT2D eigenvalue weighted by molar-refractivity contribution is 6.27. The van der Waals surface area contributed by atoms with Crippen LogP contribution < -0.4 is 0 Å². The summed E-state index contributed by atoms with van der Waals surface area (Å²) in [7, 11) is 0. The van der Waals surface area contributed by atoms with Crippen molar-refractivity contribution in [2.24, 2.45) is 0 Å². The van der Waals surface area contributed by atoms with Crippen molar-refractivity contribution in [1.82, 2.24) is 10.2 Å². The van der Waals surface area contributed by atoms with Crippen molar-refractivity contribution in [3.8, 4) is 0 Å². The van der Waals surface area contributed by atoms with Gasteiger partial charge in [0.05, 0.1) is 0 Å². The molecule has 0 aliphatic heterocycles. The van der Waals surface area contributed by atoms with Crippen LogP contribution in [-0.4, -0.2) is 10.2 Å². The van der Waals surface area contributed by atoms with Crippen LogP contribution in [0.1, 0.15) is 70.6 Å². The van der Waals surface area contributed by atoms with Crippen molar-refractivity contribution in [1.29, 1.82) is 0 Å². The Balaban J connectivity index is 1.84. The molecular formula is C13H23ClN2O. The second kappa shape index (κ2) is 9.46. The second-order valence-corrected chi connectivity index (χ2v) is 4.85. The van der Waals surface area contributed by atoms with E-state index in [1.807, 2.05) is 0 Å². The van der Waals surface area contributed by atoms with Crippen molar-refractivity contribution in [2.75, 3.05) is 0 Å². The van der Waals surface area contributed by atoms with E-state index >= 15 is 0 Å². The molecule has 0 aliphatic carbocycles. The summed E-state index contributed by atoms with van der Waals surface area (Å²) in [5.74, 6) is 0.665. The van der Waals surface area contributed by atoms with Gasteiger partial charge in [0.15, 0.2) is 0 Å². The van der Waals surface area contributed by atoms with E-state index < -0.39 is 0 Å². The van der Waals surface area contributed by atoms with Gasteiger partial charge in [0.2, 0.25) is 5.89 Å². The van der Waals surface area contributed by atoms with Crippen LogP contribution in [0.5, 0.6) is 0 Å². The normalized spacial score (nSPS) is 10.9. The third-order valence-corrected chi connectivity index (χ3v) is 3.09. The first-order valence-corrected chi connectivity index (χ1v) is 7.18. The lowest BCUT2D eigenvalue weighted by Crippen LogP contribution is -1.86. The third kappa shape index (κ3) is 7.37. The van der Waals surface area contributed by atoms with Crippen LogP contribution in [0.25, 0.3) is 0 Å². The van der Waals surface area contributed by atoms with Gasteiger partial charge in [-0.2, -0.15) is 0 Å². The zero-order valence-corrected chi connectivity index (χ0v) is 11.5. The van der Waals surface area contributed by atoms with E-state index in [1.54, 1.807) is 0 Å². The molecule has 0 saturated carbocycles. The van der Waals surface area contributed by atoms with E-state index in [0.29, 0.717) is 5.89 Å². The summed E-state index contributed by atoms with van der Waals surface area (Å²) in [6, 6.07) is 0. The summed E-state index contributed by atoms with van der Waals surface area (Å²) in [4.78, 5) is 0. The lowest BCUT2D eigenvalue weighted by molar-refractivity contribution is 0.477. The Labute approximate surface area is 109 Å². The van der Waals surface area contributed by atoms with Gasteiger partial charge in [-0.15, -0.1) is 5.10 Å². The van der Waals surface area contributed by atoms with Crippen LogP contribution in [0, 0.1) is 0 Å². The van der Waals surface area contributed by atoms with Gasteiger partial charge in [0, 0.05) is 6.42 Å². The van der Waals surface area contributed by atoms with Crippen LogP contribution in [-0.2, 0) is 6.42 Å². The predicted octanol–water partition coefficient (Wildman–Crippen LogP) is 4.80. The monoisotopic (exact) mass is 258 g/mol. The van der Waals surface area contributed by atoms with Crippen molar-refractivity contribution in [3.05, 3.63) is 11.2 Å². The molecule has 0 fully saturated rings. The van der Waals surface area contributed by atoms with Crippen LogP contribution in [0.4, 0.5) is 0 Å². The molecule has 3 nitrogen and oxygen atoms in total. The molecule has 1 aromatic heterocycles. The summed E-state index contributed by atoms with van der Waals surface area (Å²) >= 11 is 5.54. The molecule has 0 aromatic carbocycles. The molecular weight excluding hydrogens is 236 g/mol. The Morgan fingerprint density at radius 2 is 1.47 bits per heavy atom. The summed E-state index contributed by atoms with van der Waals surface area (Å²) in [6.07, 6.45) is 12.8. The van der Waals surface area contributed by atoms with Gasteiger partial charge >= 0.3 is 5.35 Å². The van der Waals surface area contributed by atoms with E-state index in [4.69, 9.17) is 16.0 Å². The first kappa shape index (κ1) is 14.5. The van der Waals surface area contributed by atoms with Crippen molar-refractivity contribution in [2.45, 2.75) is 71.1 Å². The average molecular weight is 259 g/mol. The fourth-order valence-electron chi connectivity index (χ4n) is 1.92. The maximum atomic E-state index is 5.54. The van der Waals surface area contributed by atoms with E-state index in [1.165, 1.54) is 51.4 Å². The molecule has 0 spiro atoms. The van der Waals surface area contributed by atoms with Crippen molar-refractivity contribution < 1.29 is 4.42 Å². The molecule has 4 heteroatoms. The quantitative estimate of drug-likeness (QED) is 0.566. The SMILES string of the molecule is CCCCCCCCCCCc1nnc(Cl)o1. The Bertz CT molecular complexity index is 289. The van der Waals surface area contributed by atoms with Gasteiger partial charge in [-0.1, -0.05) is 63.4 Å². The lowest BCUT2D eigenvalue weighted by Gasteiger charge is -2.00. The molecule has 1 heterocycles. The second-order valence-electron chi connectivity index (χ2n) is 4.53. The average Bonchev–Trinajstić information content (AvgIpc) is 2.73. The number of hydrogen-bond acceptors (Lipinski definition) is 3. The Hall–Kier alpha value is -0.570. The molecule has 0 N–H and O–H groups in total. The van der Waals surface area contributed by atoms with Crippen molar-refractivity contribution in [3.63, 3.8) is 0 Å². The standard InChI is InChI=1S/C13H23ClN2O/c1-2-3-4-5-6-7-8-9-10-11-12-15-16-13(14)17-12/h2-11H2,1H3. The molecule has 98 valence electrons. The van der Waals surface area contributed by atoms with Gasteiger partial charge in [0.25, 0.3) is 0 Å². The lowest BCUT2D eigenvalue weighted by atomic mass is 10.1. The molecule has 1 rings (SSSR count). The fourth-order valence-corrected chi connectivity index (χ4v) is 2.05. The number of hydrogen-bond donors (Lipinski definition) is 0. The summed E-state index contributed by atoms with van der Waals surface area (Å²) in [5, 5.41) is 7.61. The smallest absolute Gasteiger partial charge is 0.312 e. The summed E-state index contributed by atoms with van der Waals surface area (Å²) in [5.41, 5.74) is 0. The zero-order chi connectivity index (χ0) is 12.3. The van der Waals surface area contributed by atoms with Gasteiger partial charge < -0.3 is 4.42 Å². The van der Waals surface area contributed by atoms with E-state index in [0.717, 1.165) is 12.8 Å². The zero-order valence-electron chi connectivity index (χ0n) is 10.8. The fraction of sp³-hybridized carbons (Fsp3) is 0.846. The molecule has 0 radical (unpaired) electrons. The highest BCUT2D eigenvalue weighted by Crippen LogP contribution is 2.12. The molecule has 0 amide bonds. The molecule has 0 unspecified atom stereocenters. The minimum absolute atomic E-state index is 0.149. The van der Waals surface area contributed by atoms with E-state index in [2.05, 4.69) is 17.1 Å². The van der Waals surface area contributed by atoms with Crippen LogP contribution in [0.3, 0.4) is 0 Å². The Kier molecular flexibility index (Phi) is 8.06. The minimum Gasteiger partial charge on any atom is -0.412 e. The maximum Gasteiger partial charge on any atom is 0.312 e. The summed E-state index contributed by atoms with van der Waals surface area (Å²) in [6.45, 7) is 2.25. The van der Waals surface area contributed by atoms with Crippen LogP contribution >= 0.6 is 11.6 Å². The Morgan fingerprint density at radius 3 is 2.00 bits per heavy atom. The molecule has 1 aromatic rings. The molecule has 0 aliphatic rings. The van der Waals surface area contributed by atoms with Crippen molar-refractivity contribution >= 4 is 11.6 Å². The van der Waals surface area contributed by atoms with Gasteiger partial charge in [0.1, 0.15) is 0 Å². The predicted molar refractivity (Wildman–Crippen MR) is 70.2 cm³/mol. The number of nitrogens with zero attached hydrogens (tertiary/aromatic N) is 2. The molecule has 0 bridgehead atoms. The Morgan fingerprint density at radius 1 is 0.882 bits per heavy atom. The summed E-state index contributed by atoms with van der Waals surface area (Å²) < 4.78 is 5.10. The highest BCUT2D eigenvalue weighted by Gasteiger charge is 2.02. The molecule has 0 atom stereocenters.